The van der Waals surface area contributed by atoms with Crippen LogP contribution in [0.4, 0.5) is 10.5 Å². The largest absolute Gasteiger partial charge is 0.413 e. The first-order chi connectivity index (χ1) is 8.93. The molecule has 0 aliphatic heterocycles. The molecule has 6 nitrogen and oxygen atoms in total. The van der Waals surface area contributed by atoms with Gasteiger partial charge in [0.2, 0.25) is 0 Å². The molecule has 0 saturated carbocycles. The van der Waals surface area contributed by atoms with Crippen molar-refractivity contribution in [2.45, 2.75) is 10.2 Å². The number of hydrogen-bond acceptors (Lipinski definition) is 5. The number of rotatable bonds is 5. The molecule has 0 aliphatic rings. The Morgan fingerprint density at radius 2 is 2.05 bits per heavy atom. The molecule has 2 unspecified atom stereocenters. The molecule has 9 heteroatoms. The van der Waals surface area contributed by atoms with E-state index in [1.165, 1.54) is 24.3 Å². The third-order valence-electron chi connectivity index (χ3n) is 2.01. The van der Waals surface area contributed by atoms with Crippen molar-refractivity contribution in [1.29, 1.82) is 0 Å². The van der Waals surface area contributed by atoms with Gasteiger partial charge in [0.25, 0.3) is 5.69 Å². The predicted octanol–water partition coefficient (Wildman–Crippen LogP) is 3.10. The molecule has 19 heavy (non-hydrogen) atoms. The summed E-state index contributed by atoms with van der Waals surface area (Å²) in [6.07, 6.45) is -0.681. The lowest BCUT2D eigenvalue weighted by Crippen LogP contribution is -2.39. The van der Waals surface area contributed by atoms with Gasteiger partial charge < -0.3 is 10.1 Å². The quantitative estimate of drug-likeness (QED) is 0.255. The third kappa shape index (κ3) is 5.37. The summed E-state index contributed by atoms with van der Waals surface area (Å²) in [5.41, 5.74) is -0.0698. The van der Waals surface area contributed by atoms with Crippen molar-refractivity contribution in [2.75, 3.05) is 5.33 Å². The van der Waals surface area contributed by atoms with Gasteiger partial charge in [-0.3, -0.25) is 10.1 Å². The number of alkyl halides is 2. The standard InChI is InChI=1S/C10H10Br2N2O4S/c11-5-8(12)9(19)13-10(15)18-7-3-1-6(2-4-7)14(16)17/h1-4,8-9,19H,5H2,(H,13,15). The van der Waals surface area contributed by atoms with Crippen molar-refractivity contribution in [3.8, 4) is 5.75 Å². The summed E-state index contributed by atoms with van der Waals surface area (Å²) in [5, 5.41) is 13.1. The zero-order chi connectivity index (χ0) is 14.4. The summed E-state index contributed by atoms with van der Waals surface area (Å²) >= 11 is 10.7. The fourth-order valence-electron chi connectivity index (χ4n) is 1.07. The van der Waals surface area contributed by atoms with Crippen LogP contribution in [-0.4, -0.2) is 26.5 Å². The average Bonchev–Trinajstić information content (AvgIpc) is 2.38. The van der Waals surface area contributed by atoms with Gasteiger partial charge in [0, 0.05) is 17.5 Å². The Morgan fingerprint density at radius 3 is 2.53 bits per heavy atom. The van der Waals surface area contributed by atoms with Crippen LogP contribution in [0, 0.1) is 10.1 Å². The Hall–Kier alpha value is -0.800. The van der Waals surface area contributed by atoms with Crippen LogP contribution in [0.2, 0.25) is 0 Å². The molecule has 0 bridgehead atoms. The van der Waals surface area contributed by atoms with Gasteiger partial charge in [-0.05, 0) is 12.1 Å². The topological polar surface area (TPSA) is 81.5 Å². The van der Waals surface area contributed by atoms with Gasteiger partial charge >= 0.3 is 6.09 Å². The van der Waals surface area contributed by atoms with E-state index < -0.39 is 16.4 Å². The zero-order valence-electron chi connectivity index (χ0n) is 9.45. The minimum Gasteiger partial charge on any atom is -0.410 e. The Balaban J connectivity index is 2.55. The number of carbonyl (C=O) groups excluding carboxylic acids is 1. The number of nitrogens with one attached hydrogen (secondary N) is 1. The van der Waals surface area contributed by atoms with E-state index >= 15 is 0 Å². The van der Waals surface area contributed by atoms with Crippen LogP contribution in [0.1, 0.15) is 0 Å². The summed E-state index contributed by atoms with van der Waals surface area (Å²) in [6.45, 7) is 0. The average molecular weight is 414 g/mol. The van der Waals surface area contributed by atoms with E-state index in [9.17, 15) is 14.9 Å². The highest BCUT2D eigenvalue weighted by Gasteiger charge is 2.17. The molecule has 1 N–H and O–H groups in total. The molecule has 0 fully saturated rings. The van der Waals surface area contributed by atoms with E-state index in [2.05, 4.69) is 49.8 Å². The van der Waals surface area contributed by atoms with Crippen molar-refractivity contribution >= 4 is 56.3 Å². The Labute approximate surface area is 131 Å². The van der Waals surface area contributed by atoms with Crippen LogP contribution in [-0.2, 0) is 0 Å². The number of halogens is 2. The van der Waals surface area contributed by atoms with Crippen molar-refractivity contribution in [3.63, 3.8) is 0 Å². The number of nitro groups is 1. The van der Waals surface area contributed by atoms with Crippen LogP contribution >= 0.6 is 44.5 Å². The molecule has 1 aromatic carbocycles. The second-order valence-electron chi connectivity index (χ2n) is 3.40. The molecule has 2 atom stereocenters. The van der Waals surface area contributed by atoms with E-state index in [4.69, 9.17) is 4.74 Å². The van der Waals surface area contributed by atoms with Crippen molar-refractivity contribution in [1.82, 2.24) is 5.32 Å². The lowest BCUT2D eigenvalue weighted by Gasteiger charge is -2.16. The molecule has 1 aromatic rings. The summed E-state index contributed by atoms with van der Waals surface area (Å²) in [5.74, 6) is 0.216. The lowest BCUT2D eigenvalue weighted by molar-refractivity contribution is -0.384. The third-order valence-corrected chi connectivity index (χ3v) is 5.33. The second kappa shape index (κ2) is 7.71. The van der Waals surface area contributed by atoms with Gasteiger partial charge in [-0.15, -0.1) is 0 Å². The first-order valence-electron chi connectivity index (χ1n) is 5.05. The Morgan fingerprint density at radius 1 is 1.47 bits per heavy atom. The minimum absolute atomic E-state index is 0.0553. The summed E-state index contributed by atoms with van der Waals surface area (Å²) in [6, 6.07) is 5.21. The number of hydrogen-bond donors (Lipinski definition) is 2. The molecule has 0 aliphatic carbocycles. The molecule has 1 rings (SSSR count). The highest BCUT2D eigenvalue weighted by Crippen LogP contribution is 2.18. The molecule has 0 spiro atoms. The first-order valence-corrected chi connectivity index (χ1v) is 7.60. The Kier molecular flexibility index (Phi) is 6.59. The number of benzene rings is 1. The van der Waals surface area contributed by atoms with Gasteiger partial charge in [-0.1, -0.05) is 31.9 Å². The van der Waals surface area contributed by atoms with Crippen molar-refractivity contribution < 1.29 is 14.5 Å². The van der Waals surface area contributed by atoms with Crippen LogP contribution in [0.25, 0.3) is 0 Å². The normalized spacial score (nSPS) is 13.4. The summed E-state index contributed by atoms with van der Waals surface area (Å²) in [7, 11) is 0. The van der Waals surface area contributed by atoms with E-state index in [-0.39, 0.29) is 16.3 Å². The van der Waals surface area contributed by atoms with E-state index in [0.717, 1.165) is 0 Å². The SMILES string of the molecule is O=C(NC(S)C(Br)CBr)Oc1ccc([N+](=O)[O-])cc1. The van der Waals surface area contributed by atoms with Gasteiger partial charge in [-0.2, -0.15) is 12.6 Å². The molecule has 0 saturated heterocycles. The maximum Gasteiger partial charge on any atom is 0.413 e. The van der Waals surface area contributed by atoms with Gasteiger partial charge in [-0.25, -0.2) is 4.79 Å². The maximum atomic E-state index is 11.5. The highest BCUT2D eigenvalue weighted by molar-refractivity contribution is 9.12. The number of ether oxygens (including phenoxy) is 1. The molecule has 1 amide bonds. The van der Waals surface area contributed by atoms with E-state index in [1.807, 2.05) is 0 Å². The van der Waals surface area contributed by atoms with Crippen molar-refractivity contribution in [2.24, 2.45) is 0 Å². The zero-order valence-corrected chi connectivity index (χ0v) is 13.5. The van der Waals surface area contributed by atoms with E-state index in [1.54, 1.807) is 0 Å². The molecule has 104 valence electrons. The fraction of sp³-hybridized carbons (Fsp3) is 0.300. The number of non-ortho nitro benzene ring substituents is 1. The number of nitro benzene ring substituents is 1. The molecule has 0 aromatic heterocycles. The van der Waals surface area contributed by atoms with Crippen LogP contribution in [0.15, 0.2) is 24.3 Å². The molecular formula is C10H10Br2N2O4S. The molecule has 0 heterocycles. The first kappa shape index (κ1) is 16.3. The minimum atomic E-state index is -0.681. The molecular weight excluding hydrogens is 404 g/mol. The summed E-state index contributed by atoms with van der Waals surface area (Å²) < 4.78 is 4.96. The van der Waals surface area contributed by atoms with Gasteiger partial charge in [0.05, 0.1) is 15.1 Å². The van der Waals surface area contributed by atoms with Gasteiger partial charge in [0.1, 0.15) is 5.75 Å². The predicted molar refractivity (Wildman–Crippen MR) is 81.5 cm³/mol. The van der Waals surface area contributed by atoms with Crippen LogP contribution < -0.4 is 10.1 Å². The van der Waals surface area contributed by atoms with Gasteiger partial charge in [0.15, 0.2) is 0 Å². The fourth-order valence-corrected chi connectivity index (χ4v) is 2.07. The van der Waals surface area contributed by atoms with Crippen LogP contribution in [0.3, 0.4) is 0 Å². The second-order valence-corrected chi connectivity index (χ2v) is 5.78. The van der Waals surface area contributed by atoms with Crippen molar-refractivity contribution in [3.05, 3.63) is 34.4 Å². The molecule has 0 radical (unpaired) electrons. The lowest BCUT2D eigenvalue weighted by atomic mass is 10.3. The monoisotopic (exact) mass is 412 g/mol. The van der Waals surface area contributed by atoms with Crippen LogP contribution in [0.5, 0.6) is 5.75 Å². The number of nitrogens with zero attached hydrogens (tertiary/aromatic N) is 1. The van der Waals surface area contributed by atoms with E-state index in [0.29, 0.717) is 5.33 Å². The number of thiol groups is 1. The maximum absolute atomic E-state index is 11.5. The Bertz CT molecular complexity index is 457. The highest BCUT2D eigenvalue weighted by atomic mass is 79.9. The smallest absolute Gasteiger partial charge is 0.410 e. The number of amides is 1. The number of carbonyl (C=O) groups is 1. The summed E-state index contributed by atoms with van der Waals surface area (Å²) in [4.78, 5) is 21.4.